The lowest BCUT2D eigenvalue weighted by Crippen LogP contribution is -2.66. The van der Waals surface area contributed by atoms with E-state index in [1.807, 2.05) is 6.08 Å². The second-order valence-electron chi connectivity index (χ2n) is 7.57. The maximum absolute atomic E-state index is 10.3. The summed E-state index contributed by atoms with van der Waals surface area (Å²) < 4.78 is 6.82. The number of unbranched alkanes of at least 4 members (excludes halogenated alkanes) is 2. The third-order valence-electron chi connectivity index (χ3n) is 4.72. The summed E-state index contributed by atoms with van der Waals surface area (Å²) in [6.07, 6.45) is 7.27. The Morgan fingerprint density at radius 1 is 0.885 bits per heavy atom. The lowest BCUT2D eigenvalue weighted by Gasteiger charge is -2.43. The smallest absolute Gasteiger partial charge is 0.261 e. The van der Waals surface area contributed by atoms with Crippen LogP contribution >= 0.6 is 0 Å². The van der Waals surface area contributed by atoms with Crippen LogP contribution in [0.3, 0.4) is 0 Å². The van der Waals surface area contributed by atoms with Gasteiger partial charge in [-0.2, -0.15) is 0 Å². The molecule has 0 aromatic heterocycles. The fraction of sp³-hybridized carbons (Fsp3) is 0.348. The minimum Gasteiger partial charge on any atom is -0.407 e. The van der Waals surface area contributed by atoms with E-state index in [0.29, 0.717) is 0 Å². The summed E-state index contributed by atoms with van der Waals surface area (Å²) in [6, 6.07) is 21.5. The maximum atomic E-state index is 10.3. The van der Waals surface area contributed by atoms with Crippen molar-refractivity contribution >= 4 is 25.0 Å². The van der Waals surface area contributed by atoms with Gasteiger partial charge in [0.2, 0.25) is 0 Å². The van der Waals surface area contributed by atoms with Crippen molar-refractivity contribution in [1.82, 2.24) is 0 Å². The third kappa shape index (κ3) is 4.80. The number of allylic oxidation sites excluding steroid dienone is 2. The molecule has 0 radical (unpaired) electrons. The average molecular weight is 367 g/mol. The molecule has 0 N–H and O–H groups in total. The van der Waals surface area contributed by atoms with Gasteiger partial charge in [-0.25, -0.2) is 0 Å². The number of carbonyl (C=O) groups excluding carboxylic acids is 1. The van der Waals surface area contributed by atoms with Crippen LogP contribution in [0.5, 0.6) is 0 Å². The molecule has 2 aromatic rings. The molecule has 0 aliphatic carbocycles. The number of carbonyl (C=O) groups is 1. The Labute approximate surface area is 159 Å². The predicted octanol–water partition coefficient (Wildman–Crippen LogP) is 4.49. The Bertz CT molecular complexity index is 648. The van der Waals surface area contributed by atoms with E-state index in [1.54, 1.807) is 6.08 Å². The highest BCUT2D eigenvalue weighted by Crippen LogP contribution is 2.36. The molecule has 0 spiro atoms. The van der Waals surface area contributed by atoms with E-state index in [1.165, 1.54) is 10.4 Å². The molecule has 26 heavy (non-hydrogen) atoms. The highest BCUT2D eigenvalue weighted by molar-refractivity contribution is 6.99. The Hall–Kier alpha value is -1.97. The summed E-state index contributed by atoms with van der Waals surface area (Å²) in [4.78, 5) is 10.3. The van der Waals surface area contributed by atoms with Gasteiger partial charge in [0.1, 0.15) is 6.29 Å². The van der Waals surface area contributed by atoms with Crippen LogP contribution in [0.4, 0.5) is 0 Å². The van der Waals surface area contributed by atoms with Gasteiger partial charge >= 0.3 is 0 Å². The summed E-state index contributed by atoms with van der Waals surface area (Å²) in [5, 5.41) is 2.66. The lowest BCUT2D eigenvalue weighted by atomic mass is 10.2. The minimum atomic E-state index is -2.40. The molecule has 0 heterocycles. The number of benzene rings is 2. The average Bonchev–Trinajstić information content (AvgIpc) is 2.64. The van der Waals surface area contributed by atoms with Gasteiger partial charge in [0.05, 0.1) is 0 Å². The van der Waals surface area contributed by atoms with Crippen LogP contribution < -0.4 is 10.4 Å². The van der Waals surface area contributed by atoms with Crippen molar-refractivity contribution in [3.8, 4) is 0 Å². The Balaban J connectivity index is 2.29. The molecular formula is C23H30O2Si. The quantitative estimate of drug-likeness (QED) is 0.283. The maximum Gasteiger partial charge on any atom is 0.261 e. The molecule has 138 valence electrons. The molecule has 0 bridgehead atoms. The first-order chi connectivity index (χ1) is 12.5. The predicted molar refractivity (Wildman–Crippen MR) is 113 cm³/mol. The lowest BCUT2D eigenvalue weighted by molar-refractivity contribution is -0.104. The van der Waals surface area contributed by atoms with Crippen molar-refractivity contribution in [1.29, 1.82) is 0 Å². The molecule has 0 aliphatic heterocycles. The van der Waals surface area contributed by atoms with Gasteiger partial charge < -0.3 is 4.43 Å². The van der Waals surface area contributed by atoms with E-state index in [2.05, 4.69) is 81.4 Å². The zero-order valence-corrected chi connectivity index (χ0v) is 17.2. The highest BCUT2D eigenvalue weighted by atomic mass is 28.4. The van der Waals surface area contributed by atoms with Crippen molar-refractivity contribution < 1.29 is 9.22 Å². The second-order valence-corrected chi connectivity index (χ2v) is 11.9. The Kier molecular flexibility index (Phi) is 7.55. The first-order valence-corrected chi connectivity index (χ1v) is 11.3. The molecular weight excluding hydrogens is 336 g/mol. The van der Waals surface area contributed by atoms with Crippen LogP contribution in [0.1, 0.15) is 40.0 Å². The molecule has 3 heteroatoms. The van der Waals surface area contributed by atoms with Crippen molar-refractivity contribution in [2.45, 2.75) is 45.1 Å². The van der Waals surface area contributed by atoms with E-state index < -0.39 is 8.32 Å². The monoisotopic (exact) mass is 366 g/mol. The van der Waals surface area contributed by atoms with Crippen LogP contribution in [0, 0.1) is 0 Å². The van der Waals surface area contributed by atoms with E-state index in [-0.39, 0.29) is 5.04 Å². The van der Waals surface area contributed by atoms with Crippen LogP contribution in [-0.2, 0) is 9.22 Å². The van der Waals surface area contributed by atoms with Crippen LogP contribution in [0.25, 0.3) is 0 Å². The van der Waals surface area contributed by atoms with E-state index in [4.69, 9.17) is 4.43 Å². The highest BCUT2D eigenvalue weighted by Gasteiger charge is 2.49. The van der Waals surface area contributed by atoms with Gasteiger partial charge in [-0.15, -0.1) is 0 Å². The minimum absolute atomic E-state index is 0.0210. The van der Waals surface area contributed by atoms with Gasteiger partial charge in [-0.3, -0.25) is 4.79 Å². The van der Waals surface area contributed by atoms with Crippen molar-refractivity contribution in [3.05, 3.63) is 72.8 Å². The molecule has 0 unspecified atom stereocenters. The third-order valence-corrected chi connectivity index (χ3v) is 9.76. The van der Waals surface area contributed by atoms with Gasteiger partial charge in [0.25, 0.3) is 8.32 Å². The Morgan fingerprint density at radius 3 is 1.88 bits per heavy atom. The molecule has 0 fully saturated rings. The summed E-state index contributed by atoms with van der Waals surface area (Å²) in [5.74, 6) is 0. The van der Waals surface area contributed by atoms with Crippen LogP contribution in [-0.4, -0.2) is 21.2 Å². The van der Waals surface area contributed by atoms with Crippen LogP contribution in [0.15, 0.2) is 72.8 Å². The first-order valence-electron chi connectivity index (χ1n) is 9.37. The molecule has 0 atom stereocenters. The summed E-state index contributed by atoms with van der Waals surface area (Å²) in [5.41, 5.74) is 0. The molecule has 2 aromatic carbocycles. The molecule has 2 nitrogen and oxygen atoms in total. The fourth-order valence-electron chi connectivity index (χ4n) is 3.50. The normalized spacial score (nSPS) is 12.4. The second kappa shape index (κ2) is 9.65. The van der Waals surface area contributed by atoms with Crippen molar-refractivity contribution in [2.75, 3.05) is 6.61 Å². The molecule has 2 rings (SSSR count). The molecule has 0 amide bonds. The molecule has 0 saturated heterocycles. The van der Waals surface area contributed by atoms with Gasteiger partial charge in [0.15, 0.2) is 0 Å². The fourth-order valence-corrected chi connectivity index (χ4v) is 8.11. The standard InChI is InChI=1S/C23H30O2Si/c1-23(2,3)26(21-15-9-7-10-16-21,22-17-11-8-12-18-22)25-20-14-6-4-5-13-19-24/h5,7-13,15-19H,4,6,14,20H2,1-3H3/b13-5+. The van der Waals surface area contributed by atoms with Crippen LogP contribution in [0.2, 0.25) is 5.04 Å². The molecule has 0 saturated carbocycles. The number of hydrogen-bond donors (Lipinski definition) is 0. The Morgan fingerprint density at radius 2 is 1.42 bits per heavy atom. The number of hydrogen-bond acceptors (Lipinski definition) is 2. The zero-order valence-electron chi connectivity index (χ0n) is 16.2. The number of rotatable bonds is 9. The number of aldehydes is 1. The van der Waals surface area contributed by atoms with E-state index in [0.717, 1.165) is 32.2 Å². The van der Waals surface area contributed by atoms with E-state index in [9.17, 15) is 4.79 Å². The first kappa shape index (κ1) is 20.3. The van der Waals surface area contributed by atoms with Gasteiger partial charge in [-0.05, 0) is 40.8 Å². The molecule has 0 aliphatic rings. The zero-order chi connectivity index (χ0) is 18.9. The SMILES string of the molecule is CC(C)(C)[Si](OCCCC/C=C/C=O)(c1ccccc1)c1ccccc1. The van der Waals surface area contributed by atoms with Crippen molar-refractivity contribution in [3.63, 3.8) is 0 Å². The largest absolute Gasteiger partial charge is 0.407 e. The van der Waals surface area contributed by atoms with Gasteiger partial charge in [-0.1, -0.05) is 87.5 Å². The topological polar surface area (TPSA) is 26.3 Å². The van der Waals surface area contributed by atoms with Gasteiger partial charge in [0, 0.05) is 6.61 Å². The summed E-state index contributed by atoms with van der Waals surface area (Å²) in [6.45, 7) is 7.63. The summed E-state index contributed by atoms with van der Waals surface area (Å²) >= 11 is 0. The van der Waals surface area contributed by atoms with Crippen molar-refractivity contribution in [2.24, 2.45) is 0 Å². The van der Waals surface area contributed by atoms with E-state index >= 15 is 0 Å². The summed E-state index contributed by atoms with van der Waals surface area (Å²) in [7, 11) is -2.40.